The number of piperidine rings is 1. The number of aryl methyl sites for hydroxylation is 1. The highest BCUT2D eigenvalue weighted by Gasteiger charge is 2.19. The van der Waals surface area contributed by atoms with Gasteiger partial charge in [0.1, 0.15) is 5.75 Å². The van der Waals surface area contributed by atoms with E-state index in [-0.39, 0.29) is 0 Å². The number of rotatable bonds is 5. The summed E-state index contributed by atoms with van der Waals surface area (Å²) in [6, 6.07) is 6.53. The molecule has 3 nitrogen and oxygen atoms in total. The quantitative estimate of drug-likeness (QED) is 0.886. The maximum Gasteiger partial charge on any atom is 0.122 e. The van der Waals surface area contributed by atoms with Gasteiger partial charge in [0, 0.05) is 13.1 Å². The Labute approximate surface area is 116 Å². The van der Waals surface area contributed by atoms with Crippen molar-refractivity contribution in [2.75, 3.05) is 26.7 Å². The first-order chi connectivity index (χ1) is 9.22. The van der Waals surface area contributed by atoms with Crippen LogP contribution in [0.2, 0.25) is 0 Å². The zero-order valence-corrected chi connectivity index (χ0v) is 12.2. The van der Waals surface area contributed by atoms with Crippen LogP contribution in [0.4, 0.5) is 0 Å². The number of hydrogen-bond acceptors (Lipinski definition) is 3. The molecule has 1 heterocycles. The Kier molecular flexibility index (Phi) is 5.23. The van der Waals surface area contributed by atoms with Crippen LogP contribution in [0.1, 0.15) is 30.4 Å². The minimum absolute atomic E-state index is 0.783. The van der Waals surface area contributed by atoms with Crippen molar-refractivity contribution in [1.29, 1.82) is 0 Å². The second-order valence-corrected chi connectivity index (χ2v) is 5.62. The predicted molar refractivity (Wildman–Crippen MR) is 79.4 cm³/mol. The highest BCUT2D eigenvalue weighted by molar-refractivity contribution is 5.36. The average molecular weight is 262 g/mol. The van der Waals surface area contributed by atoms with Crippen LogP contribution in [0.15, 0.2) is 18.2 Å². The Morgan fingerprint density at radius 1 is 1.42 bits per heavy atom. The van der Waals surface area contributed by atoms with E-state index in [0.717, 1.165) is 31.2 Å². The van der Waals surface area contributed by atoms with Crippen LogP contribution in [0.25, 0.3) is 0 Å². The number of hydrogen-bond donors (Lipinski definition) is 1. The Morgan fingerprint density at radius 2 is 2.26 bits per heavy atom. The van der Waals surface area contributed by atoms with Crippen LogP contribution in [-0.2, 0) is 6.54 Å². The van der Waals surface area contributed by atoms with E-state index in [1.54, 1.807) is 7.11 Å². The van der Waals surface area contributed by atoms with Gasteiger partial charge in [-0.25, -0.2) is 0 Å². The zero-order chi connectivity index (χ0) is 13.7. The van der Waals surface area contributed by atoms with Crippen LogP contribution in [0.3, 0.4) is 0 Å². The third kappa shape index (κ3) is 3.95. The lowest BCUT2D eigenvalue weighted by molar-refractivity contribution is 0.163. The molecule has 1 unspecified atom stereocenters. The molecule has 1 aromatic rings. The predicted octanol–water partition coefficient (Wildman–Crippen LogP) is 2.56. The molecule has 0 saturated carbocycles. The first kappa shape index (κ1) is 14.4. The molecule has 3 heteroatoms. The summed E-state index contributed by atoms with van der Waals surface area (Å²) < 4.78 is 5.40. The van der Waals surface area contributed by atoms with E-state index in [4.69, 9.17) is 10.5 Å². The van der Waals surface area contributed by atoms with Crippen LogP contribution < -0.4 is 10.5 Å². The fourth-order valence-electron chi connectivity index (χ4n) is 2.99. The minimum atomic E-state index is 0.783. The number of benzene rings is 1. The molecule has 1 aromatic carbocycles. The van der Waals surface area contributed by atoms with Crippen molar-refractivity contribution in [3.05, 3.63) is 29.3 Å². The Morgan fingerprint density at radius 3 is 3.00 bits per heavy atom. The fraction of sp³-hybridized carbons (Fsp3) is 0.625. The molecule has 106 valence electrons. The van der Waals surface area contributed by atoms with Crippen molar-refractivity contribution in [2.45, 2.75) is 32.7 Å². The molecular weight excluding hydrogens is 236 g/mol. The van der Waals surface area contributed by atoms with Crippen molar-refractivity contribution in [2.24, 2.45) is 11.7 Å². The van der Waals surface area contributed by atoms with Crippen molar-refractivity contribution in [3.63, 3.8) is 0 Å². The molecule has 0 radical (unpaired) electrons. The van der Waals surface area contributed by atoms with E-state index in [0.29, 0.717) is 0 Å². The monoisotopic (exact) mass is 262 g/mol. The molecule has 2 N–H and O–H groups in total. The van der Waals surface area contributed by atoms with Crippen LogP contribution in [-0.4, -0.2) is 31.6 Å². The zero-order valence-electron chi connectivity index (χ0n) is 12.2. The number of ether oxygens (including phenoxy) is 1. The number of nitrogens with two attached hydrogens (primary N) is 1. The average Bonchev–Trinajstić information content (AvgIpc) is 2.42. The second-order valence-electron chi connectivity index (χ2n) is 5.62. The van der Waals surface area contributed by atoms with Crippen LogP contribution in [0.5, 0.6) is 5.75 Å². The largest absolute Gasteiger partial charge is 0.496 e. The molecule has 1 aliphatic rings. The summed E-state index contributed by atoms with van der Waals surface area (Å²) in [6.45, 7) is 6.32. The van der Waals surface area contributed by atoms with Gasteiger partial charge >= 0.3 is 0 Å². The summed E-state index contributed by atoms with van der Waals surface area (Å²) in [4.78, 5) is 2.55. The summed E-state index contributed by atoms with van der Waals surface area (Å²) in [7, 11) is 1.74. The summed E-state index contributed by atoms with van der Waals surface area (Å²) in [5.74, 6) is 1.78. The number of nitrogens with zero attached hydrogens (tertiary/aromatic N) is 1. The van der Waals surface area contributed by atoms with Gasteiger partial charge in [-0.2, -0.15) is 0 Å². The third-order valence-electron chi connectivity index (χ3n) is 4.06. The molecule has 0 aliphatic carbocycles. The normalized spacial score (nSPS) is 20.5. The first-order valence-corrected chi connectivity index (χ1v) is 7.29. The van der Waals surface area contributed by atoms with Gasteiger partial charge in [0.05, 0.1) is 7.11 Å². The van der Waals surface area contributed by atoms with Gasteiger partial charge in [0.15, 0.2) is 0 Å². The van der Waals surface area contributed by atoms with E-state index in [1.807, 2.05) is 0 Å². The molecule has 0 amide bonds. The van der Waals surface area contributed by atoms with Crippen LogP contribution >= 0.6 is 0 Å². The standard InChI is InChI=1S/C16H26N2O/c1-13-5-6-15(10-16(13)19-2)12-18-9-3-4-14(11-18)7-8-17/h5-6,10,14H,3-4,7-9,11-12,17H2,1-2H3. The van der Waals surface area contributed by atoms with E-state index < -0.39 is 0 Å². The van der Waals surface area contributed by atoms with Gasteiger partial charge in [-0.1, -0.05) is 12.1 Å². The van der Waals surface area contributed by atoms with Gasteiger partial charge < -0.3 is 10.5 Å². The maximum absolute atomic E-state index is 5.68. The molecule has 0 aromatic heterocycles. The van der Waals surface area contributed by atoms with Gasteiger partial charge in [0.25, 0.3) is 0 Å². The lowest BCUT2D eigenvalue weighted by Crippen LogP contribution is -2.35. The lowest BCUT2D eigenvalue weighted by Gasteiger charge is -2.32. The highest BCUT2D eigenvalue weighted by atomic mass is 16.5. The lowest BCUT2D eigenvalue weighted by atomic mass is 9.94. The number of likely N-dealkylation sites (tertiary alicyclic amines) is 1. The van der Waals surface area contributed by atoms with E-state index >= 15 is 0 Å². The SMILES string of the molecule is COc1cc(CN2CCCC(CCN)C2)ccc1C. The molecule has 0 spiro atoms. The molecule has 2 rings (SSSR count). The minimum Gasteiger partial charge on any atom is -0.496 e. The van der Waals surface area contributed by atoms with E-state index in [1.165, 1.54) is 37.1 Å². The number of methoxy groups -OCH3 is 1. The molecule has 0 bridgehead atoms. The van der Waals surface area contributed by atoms with Gasteiger partial charge in [-0.05, 0) is 62.4 Å². The molecule has 19 heavy (non-hydrogen) atoms. The fourth-order valence-corrected chi connectivity index (χ4v) is 2.99. The summed E-state index contributed by atoms with van der Waals surface area (Å²) in [6.07, 6.45) is 3.80. The van der Waals surface area contributed by atoms with Crippen molar-refractivity contribution >= 4 is 0 Å². The first-order valence-electron chi connectivity index (χ1n) is 7.29. The highest BCUT2D eigenvalue weighted by Crippen LogP contribution is 2.23. The summed E-state index contributed by atoms with van der Waals surface area (Å²) in [5, 5.41) is 0. The maximum atomic E-state index is 5.68. The molecule has 1 aliphatic heterocycles. The van der Waals surface area contributed by atoms with Crippen molar-refractivity contribution in [1.82, 2.24) is 4.90 Å². The van der Waals surface area contributed by atoms with Crippen molar-refractivity contribution < 1.29 is 4.74 Å². The van der Waals surface area contributed by atoms with E-state index in [9.17, 15) is 0 Å². The van der Waals surface area contributed by atoms with Gasteiger partial charge in [0.2, 0.25) is 0 Å². The van der Waals surface area contributed by atoms with E-state index in [2.05, 4.69) is 30.0 Å². The molecule has 1 atom stereocenters. The Bertz CT molecular complexity index is 404. The molecule has 1 fully saturated rings. The van der Waals surface area contributed by atoms with Gasteiger partial charge in [-0.3, -0.25) is 4.90 Å². The summed E-state index contributed by atoms with van der Waals surface area (Å²) >= 11 is 0. The summed E-state index contributed by atoms with van der Waals surface area (Å²) in [5.41, 5.74) is 8.22. The third-order valence-corrected chi connectivity index (χ3v) is 4.06. The second kappa shape index (κ2) is 6.92. The van der Waals surface area contributed by atoms with Crippen molar-refractivity contribution in [3.8, 4) is 5.75 Å². The smallest absolute Gasteiger partial charge is 0.122 e. The molecular formula is C16H26N2O. The Hall–Kier alpha value is -1.06. The van der Waals surface area contributed by atoms with Gasteiger partial charge in [-0.15, -0.1) is 0 Å². The molecule has 1 saturated heterocycles. The topological polar surface area (TPSA) is 38.5 Å². The Balaban J connectivity index is 1.96. The van der Waals surface area contributed by atoms with Crippen LogP contribution in [0, 0.1) is 12.8 Å².